The van der Waals surface area contributed by atoms with Crippen LogP contribution in [0, 0.1) is 0 Å². The van der Waals surface area contributed by atoms with E-state index in [1.807, 2.05) is 6.07 Å². The summed E-state index contributed by atoms with van der Waals surface area (Å²) in [4.78, 5) is 24.6. The van der Waals surface area contributed by atoms with Gasteiger partial charge in [0.05, 0.1) is 5.41 Å². The van der Waals surface area contributed by atoms with Crippen LogP contribution in [0.25, 0.3) is 6.08 Å². The number of ether oxygens (including phenoxy) is 2. The van der Waals surface area contributed by atoms with Crippen molar-refractivity contribution in [3.05, 3.63) is 94.9 Å². The molecule has 0 saturated carbocycles. The molecule has 33 heavy (non-hydrogen) atoms. The maximum absolute atomic E-state index is 12.3. The Labute approximate surface area is 190 Å². The molecule has 0 saturated heterocycles. The summed E-state index contributed by atoms with van der Waals surface area (Å²) >= 11 is 0. The summed E-state index contributed by atoms with van der Waals surface area (Å²) in [7, 11) is -3.73. The zero-order valence-electron chi connectivity index (χ0n) is 17.1. The molecule has 1 aliphatic rings. The van der Waals surface area contributed by atoms with E-state index in [1.54, 1.807) is 36.4 Å². The standard InChI is InChI=1S/C23H19N3O6S/c27-22(24-25-23(28)18-8-11-20-21(14-18)32-15-31-20)17-6-9-19(10-7-17)26-33(29,30)13-12-16-4-2-1-3-5-16/h1-14,26H,15H2,(H,24,27)(H,25,28)/b13-12-. The fourth-order valence-corrected chi connectivity index (χ4v) is 3.78. The van der Waals surface area contributed by atoms with Crippen molar-refractivity contribution in [2.75, 3.05) is 11.5 Å². The van der Waals surface area contributed by atoms with Gasteiger partial charge in [0.2, 0.25) is 6.79 Å². The highest BCUT2D eigenvalue weighted by Crippen LogP contribution is 2.32. The normalized spacial score (nSPS) is 12.4. The lowest BCUT2D eigenvalue weighted by atomic mass is 10.2. The number of sulfonamides is 1. The predicted molar refractivity (Wildman–Crippen MR) is 122 cm³/mol. The Kier molecular flexibility index (Phi) is 6.27. The molecule has 0 bridgehead atoms. The van der Waals surface area contributed by atoms with Crippen molar-refractivity contribution < 1.29 is 27.5 Å². The molecule has 0 radical (unpaired) electrons. The second kappa shape index (κ2) is 9.45. The molecule has 9 nitrogen and oxygen atoms in total. The molecule has 3 N–H and O–H groups in total. The van der Waals surface area contributed by atoms with Crippen LogP contribution in [0.15, 0.2) is 78.2 Å². The van der Waals surface area contributed by atoms with Crippen molar-refractivity contribution in [2.45, 2.75) is 0 Å². The van der Waals surface area contributed by atoms with Crippen LogP contribution in [0.3, 0.4) is 0 Å². The minimum Gasteiger partial charge on any atom is -0.454 e. The lowest BCUT2D eigenvalue weighted by Crippen LogP contribution is -2.41. The van der Waals surface area contributed by atoms with E-state index in [-0.39, 0.29) is 23.6 Å². The molecular formula is C23H19N3O6S. The summed E-state index contributed by atoms with van der Waals surface area (Å²) in [6, 6.07) is 19.4. The van der Waals surface area contributed by atoms with E-state index in [9.17, 15) is 18.0 Å². The zero-order chi connectivity index (χ0) is 23.3. The quantitative estimate of drug-likeness (QED) is 0.481. The van der Waals surface area contributed by atoms with Crippen LogP contribution in [-0.4, -0.2) is 27.0 Å². The first-order valence-electron chi connectivity index (χ1n) is 9.76. The highest BCUT2D eigenvalue weighted by atomic mass is 32.2. The van der Waals surface area contributed by atoms with E-state index >= 15 is 0 Å². The summed E-state index contributed by atoms with van der Waals surface area (Å²) in [5, 5.41) is 1.06. The number of anilines is 1. The molecule has 0 atom stereocenters. The fraction of sp³-hybridized carbons (Fsp3) is 0.0435. The van der Waals surface area contributed by atoms with Crippen molar-refractivity contribution in [3.63, 3.8) is 0 Å². The molecule has 168 valence electrons. The van der Waals surface area contributed by atoms with Crippen LogP contribution < -0.4 is 25.0 Å². The average Bonchev–Trinajstić information content (AvgIpc) is 3.30. The SMILES string of the molecule is O=C(NNC(=O)c1ccc2c(c1)OCO2)c1ccc(NS(=O)(=O)/C=C\c2ccccc2)cc1. The van der Waals surface area contributed by atoms with Crippen LogP contribution in [-0.2, 0) is 10.0 Å². The molecule has 0 aliphatic carbocycles. The largest absolute Gasteiger partial charge is 0.454 e. The first kappa shape index (κ1) is 21.9. The smallest absolute Gasteiger partial charge is 0.269 e. The molecule has 2 amide bonds. The highest BCUT2D eigenvalue weighted by molar-refractivity contribution is 7.95. The van der Waals surface area contributed by atoms with Gasteiger partial charge < -0.3 is 9.47 Å². The molecule has 10 heteroatoms. The molecular weight excluding hydrogens is 446 g/mol. The van der Waals surface area contributed by atoms with Crippen LogP contribution in [0.1, 0.15) is 26.3 Å². The monoisotopic (exact) mass is 465 g/mol. The lowest BCUT2D eigenvalue weighted by Gasteiger charge is -2.09. The van der Waals surface area contributed by atoms with Crippen molar-refractivity contribution >= 4 is 33.6 Å². The van der Waals surface area contributed by atoms with Crippen molar-refractivity contribution in [2.24, 2.45) is 0 Å². The van der Waals surface area contributed by atoms with Crippen LogP contribution >= 0.6 is 0 Å². The molecule has 0 aromatic heterocycles. The van der Waals surface area contributed by atoms with E-state index in [1.165, 1.54) is 36.4 Å². The number of hydrazine groups is 1. The highest BCUT2D eigenvalue weighted by Gasteiger charge is 2.17. The van der Waals surface area contributed by atoms with Crippen LogP contribution in [0.4, 0.5) is 5.69 Å². The van der Waals surface area contributed by atoms with Gasteiger partial charge in [-0.1, -0.05) is 30.3 Å². The summed E-state index contributed by atoms with van der Waals surface area (Å²) in [5.74, 6) is -0.105. The Hall–Kier alpha value is -4.31. The summed E-state index contributed by atoms with van der Waals surface area (Å²) in [6.07, 6.45) is 1.48. The minimum atomic E-state index is -3.73. The molecule has 0 unspecified atom stereocenters. The fourth-order valence-electron chi connectivity index (χ4n) is 2.92. The van der Waals surface area contributed by atoms with Gasteiger partial charge >= 0.3 is 0 Å². The number of hydrogen-bond acceptors (Lipinski definition) is 6. The van der Waals surface area contributed by atoms with E-state index in [2.05, 4.69) is 15.6 Å². The molecule has 3 aromatic rings. The Balaban J connectivity index is 1.32. The first-order valence-corrected chi connectivity index (χ1v) is 11.3. The summed E-state index contributed by atoms with van der Waals surface area (Å²) in [5.41, 5.74) is 6.17. The third-order valence-electron chi connectivity index (χ3n) is 4.57. The number of rotatable bonds is 6. The molecule has 4 rings (SSSR count). The van der Waals surface area contributed by atoms with E-state index in [0.717, 1.165) is 11.0 Å². The predicted octanol–water partition coefficient (Wildman–Crippen LogP) is 2.90. The second-order valence-corrected chi connectivity index (χ2v) is 8.48. The summed E-state index contributed by atoms with van der Waals surface area (Å²) < 4.78 is 37.3. The van der Waals surface area contributed by atoms with Gasteiger partial charge in [-0.15, -0.1) is 0 Å². The van der Waals surface area contributed by atoms with Crippen molar-refractivity contribution in [3.8, 4) is 11.5 Å². The topological polar surface area (TPSA) is 123 Å². The Morgan fingerprint density at radius 3 is 2.15 bits per heavy atom. The number of benzene rings is 3. The molecule has 1 aliphatic heterocycles. The van der Waals surface area contributed by atoms with Crippen molar-refractivity contribution in [1.29, 1.82) is 0 Å². The molecule has 1 heterocycles. The number of fused-ring (bicyclic) bond motifs is 1. The van der Waals surface area contributed by atoms with Gasteiger partial charge in [-0.2, -0.15) is 0 Å². The van der Waals surface area contributed by atoms with Gasteiger partial charge in [-0.05, 0) is 54.1 Å². The maximum atomic E-state index is 12.3. The average molecular weight is 465 g/mol. The Morgan fingerprint density at radius 2 is 1.42 bits per heavy atom. The zero-order valence-corrected chi connectivity index (χ0v) is 18.0. The Morgan fingerprint density at radius 1 is 0.788 bits per heavy atom. The maximum Gasteiger partial charge on any atom is 0.269 e. The van der Waals surface area contributed by atoms with Gasteiger partial charge in [0.25, 0.3) is 21.8 Å². The molecule has 0 fully saturated rings. The van der Waals surface area contributed by atoms with E-state index < -0.39 is 21.8 Å². The van der Waals surface area contributed by atoms with Crippen LogP contribution in [0.5, 0.6) is 11.5 Å². The number of carbonyl (C=O) groups excluding carboxylic acids is 2. The lowest BCUT2D eigenvalue weighted by molar-refractivity contribution is 0.0846. The minimum absolute atomic E-state index is 0.0899. The first-order chi connectivity index (χ1) is 15.9. The molecule has 0 spiro atoms. The van der Waals surface area contributed by atoms with E-state index in [4.69, 9.17) is 9.47 Å². The summed E-state index contributed by atoms with van der Waals surface area (Å²) in [6.45, 7) is 0.0899. The number of nitrogens with one attached hydrogen (secondary N) is 3. The van der Waals surface area contributed by atoms with Gasteiger partial charge in [-0.3, -0.25) is 25.2 Å². The Bertz CT molecular complexity index is 1310. The van der Waals surface area contributed by atoms with E-state index in [0.29, 0.717) is 11.5 Å². The van der Waals surface area contributed by atoms with Gasteiger partial charge in [0, 0.05) is 16.8 Å². The number of carbonyl (C=O) groups is 2. The van der Waals surface area contributed by atoms with Gasteiger partial charge in [-0.25, -0.2) is 8.42 Å². The molecule has 3 aromatic carbocycles. The number of hydrogen-bond donors (Lipinski definition) is 3. The van der Waals surface area contributed by atoms with Crippen LogP contribution in [0.2, 0.25) is 0 Å². The third kappa shape index (κ3) is 5.69. The third-order valence-corrected chi connectivity index (χ3v) is 5.59. The van der Waals surface area contributed by atoms with Gasteiger partial charge in [0.1, 0.15) is 0 Å². The second-order valence-electron chi connectivity index (χ2n) is 6.91. The van der Waals surface area contributed by atoms with Crippen molar-refractivity contribution in [1.82, 2.24) is 10.9 Å². The van der Waals surface area contributed by atoms with Gasteiger partial charge in [0.15, 0.2) is 11.5 Å². The number of amides is 2.